The monoisotopic (exact) mass is 377 g/mol. The standard InChI is InChI=1S/C25H28FNO/c1-24(2,3)18-14-19(23(28)20(15-18)25(4,5)6)16-9-7-10-17(13-16)21-11-8-12-22(26)27-21/h7-15,28H,1-6H3. The SMILES string of the molecule is CC(C)(C)c1cc(-c2cccc(-c3cccc(F)n3)c2)c(O)c(C(C)(C)C)c1. The summed E-state index contributed by atoms with van der Waals surface area (Å²) >= 11 is 0. The molecule has 0 aliphatic carbocycles. The van der Waals surface area contributed by atoms with Crippen molar-refractivity contribution in [3.8, 4) is 28.1 Å². The van der Waals surface area contributed by atoms with Gasteiger partial charge in [0.05, 0.1) is 5.69 Å². The number of benzene rings is 2. The van der Waals surface area contributed by atoms with Gasteiger partial charge in [0.15, 0.2) is 0 Å². The van der Waals surface area contributed by atoms with E-state index in [-0.39, 0.29) is 10.8 Å². The number of aromatic nitrogens is 1. The van der Waals surface area contributed by atoms with Gasteiger partial charge in [0, 0.05) is 16.7 Å². The number of aromatic hydroxyl groups is 1. The maximum atomic E-state index is 13.6. The fourth-order valence-electron chi connectivity index (χ4n) is 3.27. The number of phenolic OH excluding ortho intramolecular Hbond substituents is 1. The molecular weight excluding hydrogens is 349 g/mol. The van der Waals surface area contributed by atoms with Crippen LogP contribution in [-0.2, 0) is 10.8 Å². The quantitative estimate of drug-likeness (QED) is 0.495. The zero-order valence-electron chi connectivity index (χ0n) is 17.5. The van der Waals surface area contributed by atoms with Gasteiger partial charge in [-0.15, -0.1) is 0 Å². The van der Waals surface area contributed by atoms with Crippen LogP contribution in [0.15, 0.2) is 54.6 Å². The molecule has 3 rings (SSSR count). The third-order valence-electron chi connectivity index (χ3n) is 4.97. The summed E-state index contributed by atoms with van der Waals surface area (Å²) in [6.07, 6.45) is 0. The Hall–Kier alpha value is -2.68. The molecule has 28 heavy (non-hydrogen) atoms. The number of pyridine rings is 1. The van der Waals surface area contributed by atoms with Gasteiger partial charge < -0.3 is 5.11 Å². The maximum absolute atomic E-state index is 13.6. The van der Waals surface area contributed by atoms with Crippen LogP contribution in [0.2, 0.25) is 0 Å². The lowest BCUT2D eigenvalue weighted by molar-refractivity contribution is 0.446. The van der Waals surface area contributed by atoms with Crippen molar-refractivity contribution in [3.63, 3.8) is 0 Å². The fourth-order valence-corrected chi connectivity index (χ4v) is 3.27. The molecule has 0 unspecified atom stereocenters. The van der Waals surface area contributed by atoms with Crippen molar-refractivity contribution in [2.45, 2.75) is 52.4 Å². The molecular formula is C25H28FNO. The van der Waals surface area contributed by atoms with E-state index in [0.29, 0.717) is 11.4 Å². The Morgan fingerprint density at radius 3 is 2.04 bits per heavy atom. The Morgan fingerprint density at radius 2 is 1.43 bits per heavy atom. The molecule has 2 nitrogen and oxygen atoms in total. The second-order valence-corrected chi connectivity index (χ2v) is 9.35. The largest absolute Gasteiger partial charge is 0.507 e. The van der Waals surface area contributed by atoms with Crippen LogP contribution in [0.5, 0.6) is 5.75 Å². The highest BCUT2D eigenvalue weighted by Gasteiger charge is 2.25. The lowest BCUT2D eigenvalue weighted by Crippen LogP contribution is -2.17. The van der Waals surface area contributed by atoms with Crippen LogP contribution in [0.4, 0.5) is 4.39 Å². The average molecular weight is 378 g/mol. The van der Waals surface area contributed by atoms with Crippen LogP contribution in [0, 0.1) is 5.95 Å². The summed E-state index contributed by atoms with van der Waals surface area (Å²) in [5.74, 6) is -0.208. The summed E-state index contributed by atoms with van der Waals surface area (Å²) in [7, 11) is 0. The molecule has 1 N–H and O–H groups in total. The van der Waals surface area contributed by atoms with Crippen molar-refractivity contribution in [3.05, 3.63) is 71.7 Å². The molecule has 0 radical (unpaired) electrons. The Labute approximate surface area is 167 Å². The van der Waals surface area contributed by atoms with Crippen molar-refractivity contribution >= 4 is 0 Å². The van der Waals surface area contributed by atoms with Gasteiger partial charge in [-0.3, -0.25) is 0 Å². The molecule has 0 aliphatic rings. The van der Waals surface area contributed by atoms with E-state index in [1.54, 1.807) is 12.1 Å². The van der Waals surface area contributed by atoms with Gasteiger partial charge in [-0.1, -0.05) is 71.9 Å². The molecule has 0 atom stereocenters. The second-order valence-electron chi connectivity index (χ2n) is 9.35. The Balaban J connectivity index is 2.22. The van der Waals surface area contributed by atoms with E-state index in [1.165, 1.54) is 11.6 Å². The minimum Gasteiger partial charge on any atom is -0.507 e. The molecule has 1 heterocycles. The number of halogens is 1. The minimum atomic E-state index is -0.504. The third-order valence-corrected chi connectivity index (χ3v) is 4.97. The molecule has 0 saturated heterocycles. The first-order chi connectivity index (χ1) is 13.0. The molecule has 1 aromatic heterocycles. The summed E-state index contributed by atoms with van der Waals surface area (Å²) in [5, 5.41) is 11.1. The lowest BCUT2D eigenvalue weighted by Gasteiger charge is -2.27. The fraction of sp³-hybridized carbons (Fsp3) is 0.320. The number of rotatable bonds is 2. The Kier molecular flexibility index (Phi) is 5.05. The number of nitrogens with zero attached hydrogens (tertiary/aromatic N) is 1. The maximum Gasteiger partial charge on any atom is 0.213 e. The summed E-state index contributed by atoms with van der Waals surface area (Å²) in [4.78, 5) is 3.99. The van der Waals surface area contributed by atoms with Crippen LogP contribution in [-0.4, -0.2) is 10.1 Å². The second kappa shape index (κ2) is 7.05. The molecule has 0 aliphatic heterocycles. The van der Waals surface area contributed by atoms with Crippen molar-refractivity contribution in [2.75, 3.05) is 0 Å². The van der Waals surface area contributed by atoms with E-state index in [4.69, 9.17) is 0 Å². The summed E-state index contributed by atoms with van der Waals surface area (Å²) in [6.45, 7) is 12.8. The van der Waals surface area contributed by atoms with Gasteiger partial charge in [-0.05, 0) is 46.2 Å². The van der Waals surface area contributed by atoms with E-state index in [2.05, 4.69) is 58.7 Å². The highest BCUT2D eigenvalue weighted by atomic mass is 19.1. The molecule has 0 fully saturated rings. The first-order valence-electron chi connectivity index (χ1n) is 9.58. The zero-order chi connectivity index (χ0) is 20.7. The van der Waals surface area contributed by atoms with Crippen molar-refractivity contribution < 1.29 is 9.50 Å². The van der Waals surface area contributed by atoms with Crippen molar-refractivity contribution in [1.29, 1.82) is 0 Å². The van der Waals surface area contributed by atoms with Crippen LogP contribution >= 0.6 is 0 Å². The first kappa shape index (κ1) is 20.1. The molecule has 3 heteroatoms. The molecule has 2 aromatic carbocycles. The van der Waals surface area contributed by atoms with Gasteiger partial charge in [-0.2, -0.15) is 4.39 Å². The van der Waals surface area contributed by atoms with Gasteiger partial charge in [0.2, 0.25) is 5.95 Å². The number of hydrogen-bond donors (Lipinski definition) is 1. The molecule has 146 valence electrons. The predicted molar refractivity (Wildman–Crippen MR) is 114 cm³/mol. The van der Waals surface area contributed by atoms with Crippen LogP contribution in [0.3, 0.4) is 0 Å². The Bertz CT molecular complexity index is 1010. The highest BCUT2D eigenvalue weighted by Crippen LogP contribution is 2.42. The van der Waals surface area contributed by atoms with Crippen LogP contribution in [0.25, 0.3) is 22.4 Å². The molecule has 0 spiro atoms. The summed E-state index contributed by atoms with van der Waals surface area (Å²) in [5.41, 5.74) is 4.91. The molecule has 0 bridgehead atoms. The minimum absolute atomic E-state index is 0.0514. The van der Waals surface area contributed by atoms with Crippen LogP contribution in [0.1, 0.15) is 52.7 Å². The Morgan fingerprint density at radius 1 is 0.786 bits per heavy atom. The number of phenols is 1. The number of hydrogen-bond acceptors (Lipinski definition) is 2. The normalized spacial score (nSPS) is 12.2. The van der Waals surface area contributed by atoms with Gasteiger partial charge in [-0.25, -0.2) is 4.98 Å². The van der Waals surface area contributed by atoms with Gasteiger partial charge in [0.25, 0.3) is 0 Å². The van der Waals surface area contributed by atoms with E-state index >= 15 is 0 Å². The topological polar surface area (TPSA) is 33.1 Å². The zero-order valence-corrected chi connectivity index (χ0v) is 17.5. The van der Waals surface area contributed by atoms with Crippen LogP contribution < -0.4 is 0 Å². The molecule has 3 aromatic rings. The van der Waals surface area contributed by atoms with E-state index < -0.39 is 5.95 Å². The molecule has 0 saturated carbocycles. The van der Waals surface area contributed by atoms with Crippen molar-refractivity contribution in [1.82, 2.24) is 4.98 Å². The van der Waals surface area contributed by atoms with Crippen molar-refractivity contribution in [2.24, 2.45) is 0 Å². The van der Waals surface area contributed by atoms with E-state index in [9.17, 15) is 9.50 Å². The average Bonchev–Trinajstić information content (AvgIpc) is 2.60. The summed E-state index contributed by atoms with van der Waals surface area (Å²) < 4.78 is 13.6. The highest BCUT2D eigenvalue weighted by molar-refractivity contribution is 5.77. The van der Waals surface area contributed by atoms with E-state index in [0.717, 1.165) is 22.3 Å². The van der Waals surface area contributed by atoms with Gasteiger partial charge in [0.1, 0.15) is 5.75 Å². The first-order valence-corrected chi connectivity index (χ1v) is 9.58. The predicted octanol–water partition coefficient (Wildman–Crippen LogP) is 6.86. The lowest BCUT2D eigenvalue weighted by atomic mass is 9.78. The van der Waals surface area contributed by atoms with Gasteiger partial charge >= 0.3 is 0 Å². The van der Waals surface area contributed by atoms with E-state index in [1.807, 2.05) is 24.3 Å². The summed E-state index contributed by atoms with van der Waals surface area (Å²) in [6, 6.07) is 16.7. The smallest absolute Gasteiger partial charge is 0.213 e. The molecule has 0 amide bonds. The third kappa shape index (κ3) is 4.09.